The lowest BCUT2D eigenvalue weighted by molar-refractivity contribution is 0.0512. The number of benzene rings is 2. The van der Waals surface area contributed by atoms with Crippen molar-refractivity contribution in [3.8, 4) is 11.3 Å². The Hall–Kier alpha value is -3.16. The van der Waals surface area contributed by atoms with Gasteiger partial charge >= 0.3 is 5.97 Å². The molecule has 0 fully saturated rings. The fourth-order valence-corrected chi connectivity index (χ4v) is 3.15. The first-order valence-electron chi connectivity index (χ1n) is 9.10. The van der Waals surface area contributed by atoms with Gasteiger partial charge in [-0.3, -0.25) is 0 Å². The van der Waals surface area contributed by atoms with Gasteiger partial charge in [0.1, 0.15) is 16.9 Å². The first-order valence-corrected chi connectivity index (χ1v) is 9.85. The lowest BCUT2D eigenvalue weighted by Crippen LogP contribution is -2.11. The van der Waals surface area contributed by atoms with E-state index in [1.165, 1.54) is 0 Å². The van der Waals surface area contributed by atoms with Crippen LogP contribution in [0.5, 0.6) is 0 Å². The lowest BCUT2D eigenvalue weighted by Gasteiger charge is -2.10. The first kappa shape index (κ1) is 20.1. The maximum atomic E-state index is 12.2. The number of anilines is 2. The van der Waals surface area contributed by atoms with Crippen LogP contribution in [-0.2, 0) is 4.74 Å². The van der Waals surface area contributed by atoms with Gasteiger partial charge in [0.25, 0.3) is 5.71 Å². The molecule has 0 bridgehead atoms. The first-order chi connectivity index (χ1) is 14.5. The van der Waals surface area contributed by atoms with Crippen LogP contribution in [0.2, 0.25) is 10.0 Å². The number of nitrogens with one attached hydrogen (secondary N) is 1. The van der Waals surface area contributed by atoms with Crippen molar-refractivity contribution < 1.29 is 14.1 Å². The second kappa shape index (κ2) is 8.30. The standard InChI is InChI=1S/C21H16Cl2N4O3/c1-3-29-21(28)19-25-18(24-14-9-4-11(2)15(23)10-14)16-17(27-30-20(16)26-19)12-5-7-13(22)8-6-12/h4-10H,3H2,1-2H3,(H,24,25,26). The summed E-state index contributed by atoms with van der Waals surface area (Å²) in [7, 11) is 0. The average Bonchev–Trinajstić information content (AvgIpc) is 3.16. The molecule has 0 saturated heterocycles. The van der Waals surface area contributed by atoms with E-state index in [4.69, 9.17) is 32.5 Å². The summed E-state index contributed by atoms with van der Waals surface area (Å²) >= 11 is 12.2. The Morgan fingerprint density at radius 1 is 1.13 bits per heavy atom. The molecular weight excluding hydrogens is 427 g/mol. The van der Waals surface area contributed by atoms with Gasteiger partial charge < -0.3 is 14.6 Å². The van der Waals surface area contributed by atoms with Crippen molar-refractivity contribution in [3.63, 3.8) is 0 Å². The van der Waals surface area contributed by atoms with Crippen molar-refractivity contribution >= 4 is 51.8 Å². The zero-order chi connectivity index (χ0) is 21.3. The predicted octanol–water partition coefficient (Wildman–Crippen LogP) is 5.82. The van der Waals surface area contributed by atoms with Crippen LogP contribution < -0.4 is 5.32 Å². The van der Waals surface area contributed by atoms with E-state index >= 15 is 0 Å². The second-order valence-electron chi connectivity index (χ2n) is 6.42. The number of rotatable bonds is 5. The van der Waals surface area contributed by atoms with Crippen molar-refractivity contribution in [3.05, 3.63) is 63.9 Å². The maximum absolute atomic E-state index is 12.2. The Labute approximate surface area is 182 Å². The van der Waals surface area contributed by atoms with Crippen LogP contribution in [0, 0.1) is 6.92 Å². The van der Waals surface area contributed by atoms with Crippen LogP contribution >= 0.6 is 23.2 Å². The van der Waals surface area contributed by atoms with Gasteiger partial charge in [-0.1, -0.05) is 46.6 Å². The minimum atomic E-state index is -0.658. The second-order valence-corrected chi connectivity index (χ2v) is 7.27. The monoisotopic (exact) mass is 442 g/mol. The molecule has 0 atom stereocenters. The highest BCUT2D eigenvalue weighted by Crippen LogP contribution is 2.34. The largest absolute Gasteiger partial charge is 0.460 e. The average molecular weight is 443 g/mol. The summed E-state index contributed by atoms with van der Waals surface area (Å²) in [5.74, 6) is -0.452. The van der Waals surface area contributed by atoms with Crippen LogP contribution in [0.4, 0.5) is 11.5 Å². The number of aryl methyl sites for hydroxylation is 1. The molecule has 0 radical (unpaired) electrons. The normalized spacial score (nSPS) is 10.9. The van der Waals surface area contributed by atoms with E-state index in [1.807, 2.05) is 31.2 Å². The molecule has 2 heterocycles. The lowest BCUT2D eigenvalue weighted by atomic mass is 10.1. The summed E-state index contributed by atoms with van der Waals surface area (Å²) in [5.41, 5.74) is 3.05. The molecule has 1 N–H and O–H groups in total. The van der Waals surface area contributed by atoms with Crippen LogP contribution in [0.25, 0.3) is 22.4 Å². The van der Waals surface area contributed by atoms with Crippen LogP contribution in [0.1, 0.15) is 23.1 Å². The molecule has 30 heavy (non-hydrogen) atoms. The van der Waals surface area contributed by atoms with E-state index in [1.54, 1.807) is 25.1 Å². The van der Waals surface area contributed by atoms with Crippen molar-refractivity contribution in [2.45, 2.75) is 13.8 Å². The Balaban J connectivity index is 1.88. The highest BCUT2D eigenvalue weighted by atomic mass is 35.5. The number of carbonyl (C=O) groups is 1. The Bertz CT molecular complexity index is 1240. The zero-order valence-electron chi connectivity index (χ0n) is 16.1. The Morgan fingerprint density at radius 3 is 2.60 bits per heavy atom. The van der Waals surface area contributed by atoms with E-state index in [0.29, 0.717) is 32.6 Å². The van der Waals surface area contributed by atoms with Gasteiger partial charge in [0.15, 0.2) is 0 Å². The number of hydrogen-bond acceptors (Lipinski definition) is 7. The van der Waals surface area contributed by atoms with Crippen LogP contribution in [0.3, 0.4) is 0 Å². The van der Waals surface area contributed by atoms with Gasteiger partial charge in [0, 0.05) is 21.3 Å². The molecule has 0 aliphatic heterocycles. The molecule has 9 heteroatoms. The number of fused-ring (bicyclic) bond motifs is 1. The summed E-state index contributed by atoms with van der Waals surface area (Å²) in [6.07, 6.45) is 0. The molecule has 4 rings (SSSR count). The summed E-state index contributed by atoms with van der Waals surface area (Å²) in [6, 6.07) is 12.6. The minimum Gasteiger partial charge on any atom is -0.460 e. The number of esters is 1. The van der Waals surface area contributed by atoms with E-state index in [0.717, 1.165) is 11.1 Å². The smallest absolute Gasteiger partial charge is 0.376 e. The summed E-state index contributed by atoms with van der Waals surface area (Å²) in [6.45, 7) is 3.81. The van der Waals surface area contributed by atoms with E-state index in [2.05, 4.69) is 20.4 Å². The Morgan fingerprint density at radius 2 is 1.90 bits per heavy atom. The SMILES string of the molecule is CCOC(=O)c1nc(Nc2ccc(C)c(Cl)c2)c2c(-c3ccc(Cl)cc3)noc2n1. The highest BCUT2D eigenvalue weighted by molar-refractivity contribution is 6.31. The number of ether oxygens (including phenoxy) is 1. The van der Waals surface area contributed by atoms with Crippen LogP contribution in [-0.4, -0.2) is 27.7 Å². The number of aromatic nitrogens is 3. The van der Waals surface area contributed by atoms with E-state index in [-0.39, 0.29) is 18.1 Å². The summed E-state index contributed by atoms with van der Waals surface area (Å²) < 4.78 is 10.4. The van der Waals surface area contributed by atoms with Gasteiger partial charge in [0.05, 0.1) is 6.61 Å². The molecule has 0 spiro atoms. The number of carbonyl (C=O) groups excluding carboxylic acids is 1. The van der Waals surface area contributed by atoms with Gasteiger partial charge in [-0.25, -0.2) is 9.78 Å². The van der Waals surface area contributed by atoms with Crippen molar-refractivity contribution in [1.82, 2.24) is 15.1 Å². The fourth-order valence-electron chi connectivity index (χ4n) is 2.84. The molecule has 0 aliphatic carbocycles. The van der Waals surface area contributed by atoms with Crippen LogP contribution in [0.15, 0.2) is 47.0 Å². The molecule has 4 aromatic rings. The van der Waals surface area contributed by atoms with Gasteiger partial charge in [0.2, 0.25) is 5.82 Å². The summed E-state index contributed by atoms with van der Waals surface area (Å²) in [4.78, 5) is 20.8. The molecule has 0 saturated carbocycles. The van der Waals surface area contributed by atoms with E-state index in [9.17, 15) is 4.79 Å². The number of nitrogens with zero attached hydrogens (tertiary/aromatic N) is 3. The van der Waals surface area contributed by atoms with Gasteiger partial charge in [-0.15, -0.1) is 0 Å². The minimum absolute atomic E-state index is 0.135. The Kier molecular flexibility index (Phi) is 5.57. The molecule has 152 valence electrons. The topological polar surface area (TPSA) is 90.1 Å². The molecule has 2 aromatic carbocycles. The molecule has 0 aliphatic rings. The highest BCUT2D eigenvalue weighted by Gasteiger charge is 2.22. The quantitative estimate of drug-likeness (QED) is 0.389. The zero-order valence-corrected chi connectivity index (χ0v) is 17.6. The molecule has 7 nitrogen and oxygen atoms in total. The summed E-state index contributed by atoms with van der Waals surface area (Å²) in [5, 5.41) is 9.04. The third kappa shape index (κ3) is 3.94. The number of halogens is 2. The third-order valence-electron chi connectivity index (χ3n) is 4.35. The molecule has 2 aromatic heterocycles. The van der Waals surface area contributed by atoms with Crippen molar-refractivity contribution in [1.29, 1.82) is 0 Å². The maximum Gasteiger partial charge on any atom is 0.376 e. The van der Waals surface area contributed by atoms with E-state index < -0.39 is 5.97 Å². The van der Waals surface area contributed by atoms with Gasteiger partial charge in [-0.05, 0) is 43.7 Å². The molecule has 0 unspecified atom stereocenters. The van der Waals surface area contributed by atoms with Crippen molar-refractivity contribution in [2.75, 3.05) is 11.9 Å². The fraction of sp³-hybridized carbons (Fsp3) is 0.143. The molecule has 0 amide bonds. The number of hydrogen-bond donors (Lipinski definition) is 1. The predicted molar refractivity (Wildman–Crippen MR) is 115 cm³/mol. The third-order valence-corrected chi connectivity index (χ3v) is 5.01. The molecular formula is C21H16Cl2N4O3. The van der Waals surface area contributed by atoms with Gasteiger partial charge in [-0.2, -0.15) is 4.98 Å². The van der Waals surface area contributed by atoms with Crippen molar-refractivity contribution in [2.24, 2.45) is 0 Å².